The number of nitrogens with zero attached hydrogens (tertiary/aromatic N) is 3. The normalized spacial score (nSPS) is 18.9. The van der Waals surface area contributed by atoms with Gasteiger partial charge in [-0.3, -0.25) is 4.79 Å². The molecule has 2 fully saturated rings. The Hall–Kier alpha value is -1.90. The maximum Gasteiger partial charge on any atom is 0.225 e. The summed E-state index contributed by atoms with van der Waals surface area (Å²) in [5.41, 5.74) is 1.96. The number of hydrogen-bond acceptors (Lipinski definition) is 4. The first-order chi connectivity index (χ1) is 14.9. The van der Waals surface area contributed by atoms with Crippen LogP contribution in [-0.4, -0.2) is 62.8 Å². The lowest BCUT2D eigenvalue weighted by Crippen LogP contribution is -2.52. The molecule has 1 amide bonds. The summed E-state index contributed by atoms with van der Waals surface area (Å²) in [4.78, 5) is 17.3. The summed E-state index contributed by atoms with van der Waals surface area (Å²) in [7, 11) is -3.38. The van der Waals surface area contributed by atoms with E-state index in [-0.39, 0.29) is 17.6 Å². The number of piperidine rings is 1. The minimum Gasteiger partial charge on any atom is -0.368 e. The number of anilines is 1. The van der Waals surface area contributed by atoms with Gasteiger partial charge < -0.3 is 9.80 Å². The van der Waals surface area contributed by atoms with Gasteiger partial charge >= 0.3 is 0 Å². The minimum atomic E-state index is -3.38. The van der Waals surface area contributed by atoms with Gasteiger partial charge in [0, 0.05) is 55.3 Å². The number of piperazine rings is 1. The molecule has 4 rings (SSSR count). The second-order valence-electron chi connectivity index (χ2n) is 8.21. The quantitative estimate of drug-likeness (QED) is 0.625. The van der Waals surface area contributed by atoms with E-state index in [1.165, 1.54) is 5.69 Å². The Morgan fingerprint density at radius 3 is 2.23 bits per heavy atom. The van der Waals surface area contributed by atoms with Crippen LogP contribution in [0.2, 0.25) is 0 Å². The molecule has 2 heterocycles. The van der Waals surface area contributed by atoms with Crippen LogP contribution in [0.3, 0.4) is 0 Å². The summed E-state index contributed by atoms with van der Waals surface area (Å²) < 4.78 is 28.1. The van der Waals surface area contributed by atoms with Crippen LogP contribution in [0.1, 0.15) is 18.4 Å². The van der Waals surface area contributed by atoms with Crippen molar-refractivity contribution in [2.75, 3.05) is 44.2 Å². The van der Waals surface area contributed by atoms with Gasteiger partial charge in [0.25, 0.3) is 0 Å². The SMILES string of the molecule is O=C(C1CCN(S(=O)(=O)Cc2cccc(Br)c2)CC1)N1CCN(c2ccccc2)CC1. The van der Waals surface area contributed by atoms with E-state index < -0.39 is 10.0 Å². The zero-order valence-corrected chi connectivity index (χ0v) is 19.9. The standard InChI is InChI=1S/C23H28BrN3O3S/c24-21-6-4-5-19(17-21)18-31(29,30)27-11-9-20(10-12-27)23(28)26-15-13-25(14-16-26)22-7-2-1-3-8-22/h1-8,17,20H,9-16,18H2. The molecule has 2 aromatic rings. The first kappa shape index (κ1) is 22.3. The highest BCUT2D eigenvalue weighted by Crippen LogP contribution is 2.25. The fraction of sp³-hybridized carbons (Fsp3) is 0.435. The fourth-order valence-corrected chi connectivity index (χ4v) is 6.39. The maximum absolute atomic E-state index is 13.0. The van der Waals surface area contributed by atoms with Crippen molar-refractivity contribution in [1.82, 2.24) is 9.21 Å². The highest BCUT2D eigenvalue weighted by Gasteiger charge is 2.34. The van der Waals surface area contributed by atoms with E-state index in [0.717, 1.165) is 36.2 Å². The van der Waals surface area contributed by atoms with Crippen molar-refractivity contribution >= 4 is 37.5 Å². The third-order valence-electron chi connectivity index (χ3n) is 6.15. The first-order valence-electron chi connectivity index (χ1n) is 10.7. The number of halogens is 1. The highest BCUT2D eigenvalue weighted by atomic mass is 79.9. The van der Waals surface area contributed by atoms with Crippen LogP contribution in [0.15, 0.2) is 59.1 Å². The number of sulfonamides is 1. The van der Waals surface area contributed by atoms with Crippen LogP contribution in [0.5, 0.6) is 0 Å². The Morgan fingerprint density at radius 1 is 0.903 bits per heavy atom. The average Bonchev–Trinajstić information content (AvgIpc) is 2.79. The van der Waals surface area contributed by atoms with Crippen LogP contribution in [0.25, 0.3) is 0 Å². The molecule has 6 nitrogen and oxygen atoms in total. The summed E-state index contributed by atoms with van der Waals surface area (Å²) in [6.45, 7) is 3.92. The van der Waals surface area contributed by atoms with Crippen LogP contribution in [0, 0.1) is 5.92 Å². The van der Waals surface area contributed by atoms with Crippen molar-refractivity contribution in [2.45, 2.75) is 18.6 Å². The van der Waals surface area contributed by atoms with Gasteiger partial charge in [0.1, 0.15) is 0 Å². The monoisotopic (exact) mass is 505 g/mol. The second kappa shape index (κ2) is 9.71. The largest absolute Gasteiger partial charge is 0.368 e. The minimum absolute atomic E-state index is 0.00744. The zero-order chi connectivity index (χ0) is 21.8. The van der Waals surface area contributed by atoms with Crippen molar-refractivity contribution in [3.63, 3.8) is 0 Å². The molecular formula is C23H28BrN3O3S. The van der Waals surface area contributed by atoms with E-state index in [2.05, 4.69) is 33.0 Å². The van der Waals surface area contributed by atoms with Crippen LogP contribution < -0.4 is 4.90 Å². The van der Waals surface area contributed by atoms with Crippen LogP contribution >= 0.6 is 15.9 Å². The van der Waals surface area contributed by atoms with Crippen molar-refractivity contribution < 1.29 is 13.2 Å². The second-order valence-corrected chi connectivity index (χ2v) is 11.1. The number of hydrogen-bond donors (Lipinski definition) is 0. The maximum atomic E-state index is 13.0. The Balaban J connectivity index is 1.28. The average molecular weight is 506 g/mol. The highest BCUT2D eigenvalue weighted by molar-refractivity contribution is 9.10. The van der Waals surface area contributed by atoms with Gasteiger partial charge in [0.15, 0.2) is 0 Å². The molecule has 0 radical (unpaired) electrons. The predicted octanol–water partition coefficient (Wildman–Crippen LogP) is 3.34. The molecule has 0 N–H and O–H groups in total. The molecule has 0 saturated carbocycles. The Bertz CT molecular complexity index is 1000. The Labute approximate surface area is 193 Å². The van der Waals surface area contributed by atoms with Crippen molar-refractivity contribution in [1.29, 1.82) is 0 Å². The summed E-state index contributed by atoms with van der Waals surface area (Å²) in [5, 5.41) is 0. The van der Waals surface area contributed by atoms with Crippen LogP contribution in [0.4, 0.5) is 5.69 Å². The molecule has 166 valence electrons. The van der Waals surface area contributed by atoms with Gasteiger partial charge in [-0.2, -0.15) is 0 Å². The Kier molecular flexibility index (Phi) is 6.99. The third kappa shape index (κ3) is 5.48. The molecule has 0 aromatic heterocycles. The molecular weight excluding hydrogens is 478 g/mol. The van der Waals surface area contributed by atoms with Gasteiger partial charge in [0.2, 0.25) is 15.9 Å². The van der Waals surface area contributed by atoms with Gasteiger partial charge in [-0.1, -0.05) is 46.3 Å². The zero-order valence-electron chi connectivity index (χ0n) is 17.5. The van der Waals surface area contributed by atoms with Gasteiger partial charge in [-0.25, -0.2) is 12.7 Å². The summed E-state index contributed by atoms with van der Waals surface area (Å²) in [6, 6.07) is 17.7. The Morgan fingerprint density at radius 2 is 1.58 bits per heavy atom. The van der Waals surface area contributed by atoms with Gasteiger partial charge in [-0.15, -0.1) is 0 Å². The van der Waals surface area contributed by atoms with E-state index in [4.69, 9.17) is 0 Å². The van der Waals surface area contributed by atoms with Gasteiger partial charge in [0.05, 0.1) is 5.75 Å². The number of benzene rings is 2. The molecule has 2 aliphatic heterocycles. The third-order valence-corrected chi connectivity index (χ3v) is 8.49. The van der Waals surface area contributed by atoms with Crippen molar-refractivity contribution in [3.8, 4) is 0 Å². The molecule has 0 atom stereocenters. The number of rotatable bonds is 5. The predicted molar refractivity (Wildman–Crippen MR) is 126 cm³/mol. The fourth-order valence-electron chi connectivity index (χ4n) is 4.39. The summed E-state index contributed by atoms with van der Waals surface area (Å²) in [6.07, 6.45) is 1.19. The number of amides is 1. The summed E-state index contributed by atoms with van der Waals surface area (Å²) in [5.74, 6) is 0.0873. The van der Waals surface area contributed by atoms with Gasteiger partial charge in [-0.05, 0) is 42.7 Å². The molecule has 0 aliphatic carbocycles. The number of carbonyl (C=O) groups excluding carboxylic acids is 1. The van der Waals surface area contributed by atoms with Crippen LogP contribution in [-0.2, 0) is 20.6 Å². The molecule has 0 spiro atoms. The molecule has 2 saturated heterocycles. The molecule has 31 heavy (non-hydrogen) atoms. The van der Waals surface area contributed by atoms with Crippen molar-refractivity contribution in [2.24, 2.45) is 5.92 Å². The molecule has 0 bridgehead atoms. The number of para-hydroxylation sites is 1. The van der Waals surface area contributed by atoms with E-state index in [1.54, 1.807) is 4.31 Å². The smallest absolute Gasteiger partial charge is 0.225 e. The summed E-state index contributed by atoms with van der Waals surface area (Å²) >= 11 is 3.39. The van der Waals surface area contributed by atoms with E-state index in [0.29, 0.717) is 25.9 Å². The van der Waals surface area contributed by atoms with E-state index in [9.17, 15) is 13.2 Å². The molecule has 8 heteroatoms. The molecule has 0 unspecified atom stereocenters. The van der Waals surface area contributed by atoms with Crippen molar-refractivity contribution in [3.05, 3.63) is 64.6 Å². The number of carbonyl (C=O) groups is 1. The van der Waals surface area contributed by atoms with E-state index >= 15 is 0 Å². The lowest BCUT2D eigenvalue weighted by molar-refractivity contribution is -0.137. The lowest BCUT2D eigenvalue weighted by atomic mass is 9.96. The lowest BCUT2D eigenvalue weighted by Gasteiger charge is -2.39. The van der Waals surface area contributed by atoms with E-state index in [1.807, 2.05) is 47.4 Å². The first-order valence-corrected chi connectivity index (χ1v) is 13.1. The molecule has 2 aromatic carbocycles. The molecule has 2 aliphatic rings. The topological polar surface area (TPSA) is 60.9 Å².